The van der Waals surface area contributed by atoms with E-state index in [2.05, 4.69) is 32.2 Å². The fraction of sp³-hybridized carbons (Fsp3) is 0.571. The molecule has 0 fully saturated rings. The van der Waals surface area contributed by atoms with Crippen LogP contribution in [0.2, 0.25) is 5.02 Å². The Morgan fingerprint density at radius 3 is 2.62 bits per heavy atom. The molecule has 1 aromatic rings. The molecule has 0 spiro atoms. The third-order valence-electron chi connectivity index (χ3n) is 2.96. The maximum absolute atomic E-state index is 5.99. The molecule has 2 atom stereocenters. The van der Waals surface area contributed by atoms with Crippen LogP contribution in [0.3, 0.4) is 0 Å². The molecule has 0 aliphatic heterocycles. The Labute approximate surface area is 104 Å². The molecule has 90 valence electrons. The molecule has 0 radical (unpaired) electrons. The molecule has 0 saturated heterocycles. The van der Waals surface area contributed by atoms with Crippen molar-refractivity contribution in [2.75, 3.05) is 0 Å². The second-order valence-electron chi connectivity index (χ2n) is 4.34. The summed E-state index contributed by atoms with van der Waals surface area (Å²) in [5, 5.41) is 4.47. The summed E-state index contributed by atoms with van der Waals surface area (Å²) in [4.78, 5) is 0. The van der Waals surface area contributed by atoms with Gasteiger partial charge in [0.05, 0.1) is 0 Å². The van der Waals surface area contributed by atoms with Gasteiger partial charge in [-0.2, -0.15) is 0 Å². The van der Waals surface area contributed by atoms with Crippen LogP contribution < -0.4 is 5.32 Å². The van der Waals surface area contributed by atoms with Gasteiger partial charge in [-0.3, -0.25) is 0 Å². The van der Waals surface area contributed by atoms with Crippen LogP contribution in [0.25, 0.3) is 0 Å². The Morgan fingerprint density at radius 2 is 2.06 bits per heavy atom. The Kier molecular flexibility index (Phi) is 5.86. The number of benzene rings is 1. The Bertz CT molecular complexity index is 311. The van der Waals surface area contributed by atoms with Crippen LogP contribution in [0, 0.1) is 0 Å². The molecule has 1 nitrogen and oxygen atoms in total. The summed E-state index contributed by atoms with van der Waals surface area (Å²) in [6.07, 6.45) is 3.65. The monoisotopic (exact) mass is 239 g/mol. The van der Waals surface area contributed by atoms with Gasteiger partial charge in [0.1, 0.15) is 0 Å². The smallest absolute Gasteiger partial charge is 0.0409 e. The lowest BCUT2D eigenvalue weighted by molar-refractivity contribution is 0.417. The summed E-state index contributed by atoms with van der Waals surface area (Å²) < 4.78 is 0. The van der Waals surface area contributed by atoms with E-state index in [1.165, 1.54) is 24.8 Å². The maximum Gasteiger partial charge on any atom is 0.0409 e. The van der Waals surface area contributed by atoms with E-state index < -0.39 is 0 Å². The first-order valence-electron chi connectivity index (χ1n) is 6.18. The minimum Gasteiger partial charge on any atom is -0.307 e. The van der Waals surface area contributed by atoms with Crippen LogP contribution in [0.4, 0.5) is 0 Å². The van der Waals surface area contributed by atoms with Gasteiger partial charge in [0, 0.05) is 17.1 Å². The molecule has 0 heterocycles. The second kappa shape index (κ2) is 6.93. The highest BCUT2D eigenvalue weighted by Gasteiger charge is 2.10. The van der Waals surface area contributed by atoms with Crippen molar-refractivity contribution >= 4 is 11.6 Å². The van der Waals surface area contributed by atoms with Gasteiger partial charge in [-0.25, -0.2) is 0 Å². The Morgan fingerprint density at radius 1 is 1.31 bits per heavy atom. The normalized spacial score (nSPS) is 14.8. The quantitative estimate of drug-likeness (QED) is 0.767. The van der Waals surface area contributed by atoms with Crippen molar-refractivity contribution in [1.82, 2.24) is 5.32 Å². The number of hydrogen-bond acceptors (Lipinski definition) is 1. The molecule has 0 aliphatic carbocycles. The predicted molar refractivity (Wildman–Crippen MR) is 72.0 cm³/mol. The first kappa shape index (κ1) is 13.5. The molecule has 2 heteroatoms. The molecule has 0 aromatic heterocycles. The molecule has 1 rings (SSSR count). The fourth-order valence-electron chi connectivity index (χ4n) is 1.98. The van der Waals surface area contributed by atoms with Gasteiger partial charge in [-0.1, -0.05) is 44.0 Å². The van der Waals surface area contributed by atoms with Crippen molar-refractivity contribution in [1.29, 1.82) is 0 Å². The van der Waals surface area contributed by atoms with E-state index in [9.17, 15) is 0 Å². The van der Waals surface area contributed by atoms with Crippen LogP contribution in [0.5, 0.6) is 0 Å². The average molecular weight is 240 g/mol. The first-order valence-corrected chi connectivity index (χ1v) is 6.56. The molecule has 0 saturated carbocycles. The van der Waals surface area contributed by atoms with Gasteiger partial charge < -0.3 is 5.32 Å². The van der Waals surface area contributed by atoms with E-state index in [1.807, 2.05) is 18.2 Å². The topological polar surface area (TPSA) is 12.0 Å². The van der Waals surface area contributed by atoms with Crippen LogP contribution in [0.1, 0.15) is 51.6 Å². The summed E-state index contributed by atoms with van der Waals surface area (Å²) in [5.74, 6) is 0. The first-order chi connectivity index (χ1) is 7.67. The maximum atomic E-state index is 5.99. The minimum atomic E-state index is 0.371. The van der Waals surface area contributed by atoms with Gasteiger partial charge in [0.25, 0.3) is 0 Å². The van der Waals surface area contributed by atoms with E-state index in [1.54, 1.807) is 0 Å². The lowest BCUT2D eigenvalue weighted by atomic mass is 10.0. The van der Waals surface area contributed by atoms with Crippen molar-refractivity contribution in [3.63, 3.8) is 0 Å². The number of hydrogen-bond donors (Lipinski definition) is 1. The highest BCUT2D eigenvalue weighted by Crippen LogP contribution is 2.18. The summed E-state index contributed by atoms with van der Waals surface area (Å²) in [5.41, 5.74) is 1.27. The summed E-state index contributed by atoms with van der Waals surface area (Å²) >= 11 is 5.99. The standard InChI is InChI=1S/C14H22ClN/c1-4-7-14(5-2)16-11(3)12-8-6-9-13(15)10-12/h6,8-11,14,16H,4-5,7H2,1-3H3. The van der Waals surface area contributed by atoms with Gasteiger partial charge >= 0.3 is 0 Å². The van der Waals surface area contributed by atoms with E-state index >= 15 is 0 Å². The van der Waals surface area contributed by atoms with Crippen LogP contribution >= 0.6 is 11.6 Å². The van der Waals surface area contributed by atoms with E-state index in [0.29, 0.717) is 12.1 Å². The number of rotatable bonds is 6. The van der Waals surface area contributed by atoms with E-state index in [-0.39, 0.29) is 0 Å². The third-order valence-corrected chi connectivity index (χ3v) is 3.20. The zero-order chi connectivity index (χ0) is 12.0. The minimum absolute atomic E-state index is 0.371. The third kappa shape index (κ3) is 4.15. The predicted octanol–water partition coefficient (Wildman–Crippen LogP) is 4.57. The summed E-state index contributed by atoms with van der Waals surface area (Å²) in [7, 11) is 0. The lowest BCUT2D eigenvalue weighted by Crippen LogP contribution is -2.30. The average Bonchev–Trinajstić information content (AvgIpc) is 2.28. The zero-order valence-electron chi connectivity index (χ0n) is 10.5. The van der Waals surface area contributed by atoms with Crippen molar-refractivity contribution in [3.05, 3.63) is 34.9 Å². The van der Waals surface area contributed by atoms with Gasteiger partial charge in [-0.05, 0) is 37.5 Å². The largest absolute Gasteiger partial charge is 0.307 e. The molecule has 1 aromatic carbocycles. The molecule has 0 amide bonds. The highest BCUT2D eigenvalue weighted by molar-refractivity contribution is 6.30. The van der Waals surface area contributed by atoms with Crippen molar-refractivity contribution < 1.29 is 0 Å². The van der Waals surface area contributed by atoms with Crippen LogP contribution in [0.15, 0.2) is 24.3 Å². The summed E-state index contributed by atoms with van der Waals surface area (Å²) in [6, 6.07) is 9.08. The zero-order valence-corrected chi connectivity index (χ0v) is 11.2. The highest BCUT2D eigenvalue weighted by atomic mass is 35.5. The van der Waals surface area contributed by atoms with Crippen molar-refractivity contribution in [2.45, 2.75) is 52.1 Å². The molecular weight excluding hydrogens is 218 g/mol. The van der Waals surface area contributed by atoms with Crippen LogP contribution in [-0.4, -0.2) is 6.04 Å². The molecule has 0 bridgehead atoms. The molecular formula is C14H22ClN. The van der Waals surface area contributed by atoms with Crippen LogP contribution in [-0.2, 0) is 0 Å². The SMILES string of the molecule is CCCC(CC)NC(C)c1cccc(Cl)c1. The van der Waals surface area contributed by atoms with Crippen molar-refractivity contribution in [3.8, 4) is 0 Å². The Hall–Kier alpha value is -0.530. The number of halogens is 1. The van der Waals surface area contributed by atoms with Crippen molar-refractivity contribution in [2.24, 2.45) is 0 Å². The molecule has 0 aliphatic rings. The number of nitrogens with one attached hydrogen (secondary N) is 1. The molecule has 1 N–H and O–H groups in total. The van der Waals surface area contributed by atoms with Gasteiger partial charge in [-0.15, -0.1) is 0 Å². The Balaban J connectivity index is 2.60. The van der Waals surface area contributed by atoms with E-state index in [4.69, 9.17) is 11.6 Å². The van der Waals surface area contributed by atoms with E-state index in [0.717, 1.165) is 5.02 Å². The second-order valence-corrected chi connectivity index (χ2v) is 4.77. The molecule has 16 heavy (non-hydrogen) atoms. The summed E-state index contributed by atoms with van der Waals surface area (Å²) in [6.45, 7) is 6.66. The lowest BCUT2D eigenvalue weighted by Gasteiger charge is -2.22. The fourth-order valence-corrected chi connectivity index (χ4v) is 2.18. The van der Waals surface area contributed by atoms with Gasteiger partial charge in [0.2, 0.25) is 0 Å². The molecule has 2 unspecified atom stereocenters. The van der Waals surface area contributed by atoms with Gasteiger partial charge in [0.15, 0.2) is 0 Å².